The van der Waals surface area contributed by atoms with E-state index in [1.54, 1.807) is 7.11 Å². The van der Waals surface area contributed by atoms with Crippen LogP contribution in [0.4, 0.5) is 0 Å². The number of rotatable bonds is 7. The number of carbonyl (C=O) groups is 1. The van der Waals surface area contributed by atoms with E-state index >= 15 is 0 Å². The molecule has 1 heterocycles. The van der Waals surface area contributed by atoms with Gasteiger partial charge < -0.3 is 20.3 Å². The summed E-state index contributed by atoms with van der Waals surface area (Å²) in [5.41, 5.74) is 3.26. The van der Waals surface area contributed by atoms with Gasteiger partial charge in [0.1, 0.15) is 0 Å². The molecule has 5 nitrogen and oxygen atoms in total. The van der Waals surface area contributed by atoms with Gasteiger partial charge in [-0.25, -0.2) is 0 Å². The number of fused-ring (bicyclic) bond motifs is 1. The summed E-state index contributed by atoms with van der Waals surface area (Å²) < 4.78 is 5.04. The molecule has 0 saturated carbocycles. The van der Waals surface area contributed by atoms with Crippen molar-refractivity contribution in [1.82, 2.24) is 15.5 Å². The summed E-state index contributed by atoms with van der Waals surface area (Å²) in [6.07, 6.45) is 0.923. The van der Waals surface area contributed by atoms with E-state index < -0.39 is 0 Å². The lowest BCUT2D eigenvalue weighted by Crippen LogP contribution is -2.35. The summed E-state index contributed by atoms with van der Waals surface area (Å²) in [6, 6.07) is 5.98. The molecule has 21 heavy (non-hydrogen) atoms. The van der Waals surface area contributed by atoms with Gasteiger partial charge in [0.25, 0.3) is 5.91 Å². The van der Waals surface area contributed by atoms with Crippen molar-refractivity contribution >= 4 is 5.91 Å². The van der Waals surface area contributed by atoms with E-state index in [1.165, 1.54) is 11.1 Å². The van der Waals surface area contributed by atoms with Gasteiger partial charge in [-0.3, -0.25) is 4.79 Å². The zero-order valence-electron chi connectivity index (χ0n) is 12.9. The molecule has 2 rings (SSSR count). The number of methoxy groups -OCH3 is 1. The van der Waals surface area contributed by atoms with Gasteiger partial charge in [-0.05, 0) is 37.2 Å². The van der Waals surface area contributed by atoms with E-state index in [9.17, 15) is 4.79 Å². The topological polar surface area (TPSA) is 53.6 Å². The first kappa shape index (κ1) is 15.9. The van der Waals surface area contributed by atoms with E-state index in [0.717, 1.165) is 38.2 Å². The second kappa shape index (κ2) is 8.12. The first-order chi connectivity index (χ1) is 10.2. The van der Waals surface area contributed by atoms with E-state index in [2.05, 4.69) is 21.6 Å². The van der Waals surface area contributed by atoms with Crippen molar-refractivity contribution < 1.29 is 9.53 Å². The molecule has 5 heteroatoms. The lowest BCUT2D eigenvalue weighted by Gasteiger charge is -2.20. The summed E-state index contributed by atoms with van der Waals surface area (Å²) in [7, 11) is 3.73. The molecule has 1 aliphatic rings. The number of carbonyl (C=O) groups excluding carboxylic acids is 1. The van der Waals surface area contributed by atoms with Gasteiger partial charge in [0.15, 0.2) is 0 Å². The monoisotopic (exact) mass is 291 g/mol. The van der Waals surface area contributed by atoms with Crippen LogP contribution in [-0.4, -0.2) is 57.8 Å². The molecule has 1 aliphatic heterocycles. The third-order valence-corrected chi connectivity index (χ3v) is 3.84. The standard InChI is InChI=1S/C16H25N3O2/c1-19(10-11-21-2)9-8-18-16(20)15-5-3-4-13-12-17-7-6-14(13)15/h3-5,17H,6-12H2,1-2H3,(H,18,20). The Labute approximate surface area is 126 Å². The van der Waals surface area contributed by atoms with Crippen LogP contribution in [0.25, 0.3) is 0 Å². The Morgan fingerprint density at radius 1 is 1.43 bits per heavy atom. The molecule has 0 unspecified atom stereocenters. The number of ether oxygens (including phenoxy) is 1. The van der Waals surface area contributed by atoms with E-state index in [-0.39, 0.29) is 5.91 Å². The van der Waals surface area contributed by atoms with Crippen LogP contribution in [0.15, 0.2) is 18.2 Å². The van der Waals surface area contributed by atoms with Crippen LogP contribution in [0.5, 0.6) is 0 Å². The van der Waals surface area contributed by atoms with Crippen molar-refractivity contribution in [3.63, 3.8) is 0 Å². The highest BCUT2D eigenvalue weighted by molar-refractivity contribution is 5.96. The molecule has 0 fully saturated rings. The Kier molecular flexibility index (Phi) is 6.17. The molecule has 0 saturated heterocycles. The first-order valence-corrected chi connectivity index (χ1v) is 7.49. The van der Waals surface area contributed by atoms with Crippen LogP contribution in [0.3, 0.4) is 0 Å². The Morgan fingerprint density at radius 2 is 2.29 bits per heavy atom. The van der Waals surface area contributed by atoms with Gasteiger partial charge in [0, 0.05) is 38.9 Å². The van der Waals surface area contributed by atoms with Crippen LogP contribution in [0, 0.1) is 0 Å². The van der Waals surface area contributed by atoms with Crippen LogP contribution in [0.2, 0.25) is 0 Å². The fourth-order valence-corrected chi connectivity index (χ4v) is 2.56. The third kappa shape index (κ3) is 4.52. The summed E-state index contributed by atoms with van der Waals surface area (Å²) in [5.74, 6) is 0.0360. The lowest BCUT2D eigenvalue weighted by atomic mass is 9.95. The molecule has 0 spiro atoms. The maximum Gasteiger partial charge on any atom is 0.251 e. The first-order valence-electron chi connectivity index (χ1n) is 7.49. The van der Waals surface area contributed by atoms with Gasteiger partial charge >= 0.3 is 0 Å². The highest BCUT2D eigenvalue weighted by Crippen LogP contribution is 2.18. The zero-order valence-corrected chi connectivity index (χ0v) is 12.9. The maximum atomic E-state index is 12.3. The fraction of sp³-hybridized carbons (Fsp3) is 0.562. The molecule has 116 valence electrons. The van der Waals surface area contributed by atoms with Gasteiger partial charge in [-0.2, -0.15) is 0 Å². The Balaban J connectivity index is 1.86. The molecular formula is C16H25N3O2. The molecular weight excluding hydrogens is 266 g/mol. The van der Waals surface area contributed by atoms with Gasteiger partial charge in [0.2, 0.25) is 0 Å². The second-order valence-corrected chi connectivity index (χ2v) is 5.42. The summed E-state index contributed by atoms with van der Waals surface area (Å²) in [6.45, 7) is 4.86. The maximum absolute atomic E-state index is 12.3. The second-order valence-electron chi connectivity index (χ2n) is 5.42. The molecule has 1 aromatic rings. The number of nitrogens with zero attached hydrogens (tertiary/aromatic N) is 1. The number of amides is 1. The minimum atomic E-state index is 0.0360. The molecule has 0 aliphatic carbocycles. The molecule has 2 N–H and O–H groups in total. The van der Waals surface area contributed by atoms with Crippen LogP contribution in [0.1, 0.15) is 21.5 Å². The molecule has 0 aromatic heterocycles. The van der Waals surface area contributed by atoms with Gasteiger partial charge in [-0.15, -0.1) is 0 Å². The SMILES string of the molecule is COCCN(C)CCNC(=O)c1cccc2c1CCNC2. The largest absolute Gasteiger partial charge is 0.383 e. The normalized spacial score (nSPS) is 14.0. The highest BCUT2D eigenvalue weighted by Gasteiger charge is 2.16. The predicted octanol–water partition coefficient (Wildman–Crippen LogP) is 0.640. The third-order valence-electron chi connectivity index (χ3n) is 3.84. The lowest BCUT2D eigenvalue weighted by molar-refractivity contribution is 0.0946. The Bertz CT molecular complexity index is 477. The van der Waals surface area contributed by atoms with Crippen LogP contribution < -0.4 is 10.6 Å². The minimum absolute atomic E-state index is 0.0360. The van der Waals surface area contributed by atoms with E-state index in [4.69, 9.17) is 4.74 Å². The molecule has 0 atom stereocenters. The zero-order chi connectivity index (χ0) is 15.1. The number of benzene rings is 1. The Hall–Kier alpha value is -1.43. The van der Waals surface area contributed by atoms with E-state index in [0.29, 0.717) is 13.2 Å². The number of likely N-dealkylation sites (N-methyl/N-ethyl adjacent to an activating group) is 1. The van der Waals surface area contributed by atoms with Crippen molar-refractivity contribution in [3.05, 3.63) is 34.9 Å². The molecule has 1 amide bonds. The van der Waals surface area contributed by atoms with Crippen molar-refractivity contribution in [3.8, 4) is 0 Å². The van der Waals surface area contributed by atoms with Crippen LogP contribution >= 0.6 is 0 Å². The molecule has 0 bridgehead atoms. The average Bonchev–Trinajstić information content (AvgIpc) is 2.52. The van der Waals surface area contributed by atoms with Crippen molar-refractivity contribution in [1.29, 1.82) is 0 Å². The van der Waals surface area contributed by atoms with Gasteiger partial charge in [0.05, 0.1) is 6.61 Å². The summed E-state index contributed by atoms with van der Waals surface area (Å²) >= 11 is 0. The summed E-state index contributed by atoms with van der Waals surface area (Å²) in [5, 5.41) is 6.35. The van der Waals surface area contributed by atoms with Crippen molar-refractivity contribution in [2.24, 2.45) is 0 Å². The Morgan fingerprint density at radius 3 is 3.10 bits per heavy atom. The fourth-order valence-electron chi connectivity index (χ4n) is 2.56. The van der Waals surface area contributed by atoms with Crippen LogP contribution in [-0.2, 0) is 17.7 Å². The number of nitrogens with one attached hydrogen (secondary N) is 2. The summed E-state index contributed by atoms with van der Waals surface area (Å²) in [4.78, 5) is 14.5. The smallest absolute Gasteiger partial charge is 0.251 e. The number of hydrogen-bond donors (Lipinski definition) is 2. The minimum Gasteiger partial charge on any atom is -0.383 e. The predicted molar refractivity (Wildman–Crippen MR) is 83.6 cm³/mol. The van der Waals surface area contributed by atoms with E-state index in [1.807, 2.05) is 19.2 Å². The van der Waals surface area contributed by atoms with Crippen molar-refractivity contribution in [2.75, 3.05) is 46.9 Å². The number of hydrogen-bond acceptors (Lipinski definition) is 4. The highest BCUT2D eigenvalue weighted by atomic mass is 16.5. The average molecular weight is 291 g/mol. The molecule has 1 aromatic carbocycles. The van der Waals surface area contributed by atoms with Crippen molar-refractivity contribution in [2.45, 2.75) is 13.0 Å². The molecule has 0 radical (unpaired) electrons. The van der Waals surface area contributed by atoms with Gasteiger partial charge in [-0.1, -0.05) is 12.1 Å². The quantitative estimate of drug-likeness (QED) is 0.774.